The first kappa shape index (κ1) is 8.75. The van der Waals surface area contributed by atoms with Gasteiger partial charge in [0.1, 0.15) is 5.75 Å². The molecular formula is C10H9BrO2. The van der Waals surface area contributed by atoms with E-state index in [0.29, 0.717) is 5.56 Å². The van der Waals surface area contributed by atoms with Crippen LogP contribution in [0.25, 0.3) is 0 Å². The highest BCUT2D eigenvalue weighted by Gasteiger charge is 2.19. The molecule has 68 valence electrons. The smallest absolute Gasteiger partial charge is 0.151 e. The summed E-state index contributed by atoms with van der Waals surface area (Å²) in [7, 11) is 0. The SMILES string of the molecule is Cc1cc(C=O)c(Br)c2c1OCC2. The van der Waals surface area contributed by atoms with Crippen LogP contribution in [0.3, 0.4) is 0 Å². The van der Waals surface area contributed by atoms with Crippen LogP contribution < -0.4 is 4.74 Å². The van der Waals surface area contributed by atoms with E-state index in [9.17, 15) is 4.79 Å². The van der Waals surface area contributed by atoms with Crippen molar-refractivity contribution in [3.8, 4) is 5.75 Å². The second-order valence-electron chi connectivity index (χ2n) is 3.12. The number of rotatable bonds is 1. The quantitative estimate of drug-likeness (QED) is 0.706. The fourth-order valence-corrected chi connectivity index (χ4v) is 2.23. The van der Waals surface area contributed by atoms with E-state index in [1.807, 2.05) is 13.0 Å². The first-order valence-corrected chi connectivity index (χ1v) is 4.93. The van der Waals surface area contributed by atoms with Gasteiger partial charge in [-0.15, -0.1) is 0 Å². The molecule has 1 aliphatic heterocycles. The van der Waals surface area contributed by atoms with Crippen molar-refractivity contribution in [3.63, 3.8) is 0 Å². The summed E-state index contributed by atoms with van der Waals surface area (Å²) in [4.78, 5) is 10.7. The van der Waals surface area contributed by atoms with Gasteiger partial charge in [0.2, 0.25) is 0 Å². The second-order valence-corrected chi connectivity index (χ2v) is 3.91. The van der Waals surface area contributed by atoms with Crippen LogP contribution in [0.5, 0.6) is 5.75 Å². The molecule has 0 radical (unpaired) electrons. The lowest BCUT2D eigenvalue weighted by atomic mass is 10.1. The number of aldehydes is 1. The minimum atomic E-state index is 0.710. The van der Waals surface area contributed by atoms with Crippen LogP contribution >= 0.6 is 15.9 Å². The van der Waals surface area contributed by atoms with Gasteiger partial charge in [-0.2, -0.15) is 0 Å². The van der Waals surface area contributed by atoms with Gasteiger partial charge in [0, 0.05) is 22.0 Å². The predicted molar refractivity (Wildman–Crippen MR) is 53.5 cm³/mol. The summed E-state index contributed by atoms with van der Waals surface area (Å²) in [6, 6.07) is 1.85. The maximum atomic E-state index is 10.7. The minimum absolute atomic E-state index is 0.710. The fourth-order valence-electron chi connectivity index (χ4n) is 1.64. The van der Waals surface area contributed by atoms with E-state index in [0.717, 1.165) is 40.7 Å². The number of ether oxygens (including phenoxy) is 1. The zero-order valence-electron chi connectivity index (χ0n) is 7.26. The van der Waals surface area contributed by atoms with Crippen molar-refractivity contribution in [1.29, 1.82) is 0 Å². The van der Waals surface area contributed by atoms with Gasteiger partial charge in [0.05, 0.1) is 6.61 Å². The molecule has 3 heteroatoms. The third kappa shape index (κ3) is 1.27. The van der Waals surface area contributed by atoms with E-state index >= 15 is 0 Å². The lowest BCUT2D eigenvalue weighted by molar-refractivity contribution is 0.112. The summed E-state index contributed by atoms with van der Waals surface area (Å²) >= 11 is 3.42. The average Bonchev–Trinajstić information content (AvgIpc) is 2.60. The van der Waals surface area contributed by atoms with Gasteiger partial charge < -0.3 is 4.74 Å². The Morgan fingerprint density at radius 2 is 2.38 bits per heavy atom. The van der Waals surface area contributed by atoms with Gasteiger partial charge in [0.25, 0.3) is 0 Å². The highest BCUT2D eigenvalue weighted by Crippen LogP contribution is 2.36. The normalized spacial score (nSPS) is 13.7. The largest absolute Gasteiger partial charge is 0.493 e. The van der Waals surface area contributed by atoms with E-state index in [1.54, 1.807) is 0 Å². The molecule has 0 spiro atoms. The summed E-state index contributed by atoms with van der Waals surface area (Å²) in [6.07, 6.45) is 1.76. The number of fused-ring (bicyclic) bond motifs is 1. The Labute approximate surface area is 85.0 Å². The topological polar surface area (TPSA) is 26.3 Å². The van der Waals surface area contributed by atoms with E-state index in [4.69, 9.17) is 4.74 Å². The standard InChI is InChI=1S/C10H9BrO2/c1-6-4-7(5-12)9(11)8-2-3-13-10(6)8/h4-5H,2-3H2,1H3. The first-order chi connectivity index (χ1) is 6.24. The van der Waals surface area contributed by atoms with Gasteiger partial charge in [0.15, 0.2) is 6.29 Å². The van der Waals surface area contributed by atoms with Crippen molar-refractivity contribution in [1.82, 2.24) is 0 Å². The van der Waals surface area contributed by atoms with Crippen molar-refractivity contribution in [2.45, 2.75) is 13.3 Å². The molecule has 0 aromatic heterocycles. The highest BCUT2D eigenvalue weighted by molar-refractivity contribution is 9.10. The molecule has 13 heavy (non-hydrogen) atoms. The van der Waals surface area contributed by atoms with Crippen molar-refractivity contribution in [2.24, 2.45) is 0 Å². The van der Waals surface area contributed by atoms with E-state index in [2.05, 4.69) is 15.9 Å². The molecule has 0 atom stereocenters. The number of hydrogen-bond acceptors (Lipinski definition) is 2. The molecule has 0 unspecified atom stereocenters. The molecule has 1 heterocycles. The Hall–Kier alpha value is -0.830. The van der Waals surface area contributed by atoms with Crippen molar-refractivity contribution in [3.05, 3.63) is 27.2 Å². The minimum Gasteiger partial charge on any atom is -0.493 e. The maximum absolute atomic E-state index is 10.7. The Morgan fingerprint density at radius 3 is 3.08 bits per heavy atom. The van der Waals surface area contributed by atoms with E-state index < -0.39 is 0 Å². The molecule has 0 fully saturated rings. The summed E-state index contributed by atoms with van der Waals surface area (Å²) in [6.45, 7) is 2.68. The van der Waals surface area contributed by atoms with Gasteiger partial charge >= 0.3 is 0 Å². The summed E-state index contributed by atoms with van der Waals surface area (Å²) in [5.41, 5.74) is 2.88. The van der Waals surface area contributed by atoms with Crippen LogP contribution in [0.2, 0.25) is 0 Å². The number of carbonyl (C=O) groups is 1. The molecule has 2 nitrogen and oxygen atoms in total. The number of carbonyl (C=O) groups excluding carboxylic acids is 1. The number of halogens is 1. The molecule has 1 aliphatic rings. The molecular weight excluding hydrogens is 232 g/mol. The lowest BCUT2D eigenvalue weighted by Crippen LogP contribution is -1.91. The van der Waals surface area contributed by atoms with Crippen LogP contribution in [0.1, 0.15) is 21.5 Å². The Morgan fingerprint density at radius 1 is 1.62 bits per heavy atom. The van der Waals surface area contributed by atoms with Crippen molar-refractivity contribution in [2.75, 3.05) is 6.61 Å². The second kappa shape index (κ2) is 3.14. The molecule has 0 bridgehead atoms. The molecule has 2 rings (SSSR count). The number of hydrogen-bond donors (Lipinski definition) is 0. The van der Waals surface area contributed by atoms with Gasteiger partial charge in [-0.1, -0.05) is 0 Å². The van der Waals surface area contributed by atoms with Crippen LogP contribution in [0.4, 0.5) is 0 Å². The molecule has 0 N–H and O–H groups in total. The highest BCUT2D eigenvalue weighted by atomic mass is 79.9. The van der Waals surface area contributed by atoms with Crippen molar-refractivity contribution >= 4 is 22.2 Å². The van der Waals surface area contributed by atoms with Gasteiger partial charge in [-0.25, -0.2) is 0 Å². The average molecular weight is 241 g/mol. The van der Waals surface area contributed by atoms with E-state index in [-0.39, 0.29) is 0 Å². The first-order valence-electron chi connectivity index (χ1n) is 4.14. The Bertz CT molecular complexity index is 372. The third-order valence-corrected chi connectivity index (χ3v) is 3.18. The molecule has 0 saturated carbocycles. The summed E-state index contributed by atoms with van der Waals surface area (Å²) in [5, 5.41) is 0. The van der Waals surface area contributed by atoms with Crippen LogP contribution in [-0.4, -0.2) is 12.9 Å². The number of benzene rings is 1. The van der Waals surface area contributed by atoms with E-state index in [1.165, 1.54) is 0 Å². The fraction of sp³-hybridized carbons (Fsp3) is 0.300. The molecule has 0 aliphatic carbocycles. The third-order valence-electron chi connectivity index (χ3n) is 2.25. The predicted octanol–water partition coefficient (Wildman–Crippen LogP) is 2.50. The van der Waals surface area contributed by atoms with Crippen molar-refractivity contribution < 1.29 is 9.53 Å². The summed E-state index contributed by atoms with van der Waals surface area (Å²) < 4.78 is 6.35. The molecule has 0 amide bonds. The van der Waals surface area contributed by atoms with Gasteiger partial charge in [-0.3, -0.25) is 4.79 Å². The van der Waals surface area contributed by atoms with Crippen LogP contribution in [0, 0.1) is 6.92 Å². The molecule has 1 aromatic carbocycles. The zero-order chi connectivity index (χ0) is 9.42. The monoisotopic (exact) mass is 240 g/mol. The Kier molecular flexibility index (Phi) is 2.12. The summed E-state index contributed by atoms with van der Waals surface area (Å²) in [5.74, 6) is 0.942. The zero-order valence-corrected chi connectivity index (χ0v) is 8.85. The maximum Gasteiger partial charge on any atom is 0.151 e. The lowest BCUT2D eigenvalue weighted by Gasteiger charge is -2.07. The van der Waals surface area contributed by atoms with Gasteiger partial charge in [-0.05, 0) is 34.5 Å². The van der Waals surface area contributed by atoms with Crippen LogP contribution in [0.15, 0.2) is 10.5 Å². The Balaban J connectivity index is 2.69. The molecule has 1 aromatic rings. The number of aryl methyl sites for hydroxylation is 1. The molecule has 0 saturated heterocycles. The van der Waals surface area contributed by atoms with Crippen LogP contribution in [-0.2, 0) is 6.42 Å².